The van der Waals surface area contributed by atoms with Crippen LogP contribution in [-0.4, -0.2) is 35.5 Å². The van der Waals surface area contributed by atoms with E-state index in [1.165, 1.54) is 17.7 Å². The summed E-state index contributed by atoms with van der Waals surface area (Å²) in [6.07, 6.45) is 7.45. The van der Waals surface area contributed by atoms with E-state index in [1.807, 2.05) is 58.2 Å². The molecule has 2 aromatic carbocycles. The second-order valence-corrected chi connectivity index (χ2v) is 10.0. The van der Waals surface area contributed by atoms with Gasteiger partial charge in [-0.15, -0.1) is 0 Å². The van der Waals surface area contributed by atoms with E-state index >= 15 is 0 Å². The van der Waals surface area contributed by atoms with Crippen molar-refractivity contribution in [1.82, 2.24) is 0 Å². The number of hydrogen-bond acceptors (Lipinski definition) is 4. The molecule has 3 atom stereocenters. The van der Waals surface area contributed by atoms with Crippen molar-refractivity contribution >= 4 is 28.5 Å². The summed E-state index contributed by atoms with van der Waals surface area (Å²) in [5, 5.41) is 11.7. The molecule has 1 N–H and O–H groups in total. The number of aliphatic imine (C=N–C) groups is 1. The Morgan fingerprint density at radius 1 is 1.24 bits per heavy atom. The van der Waals surface area contributed by atoms with Crippen molar-refractivity contribution in [2.45, 2.75) is 51.9 Å². The lowest BCUT2D eigenvalue weighted by Gasteiger charge is -2.39. The van der Waals surface area contributed by atoms with Crippen molar-refractivity contribution in [3.8, 4) is 0 Å². The molecule has 3 unspecified atom stereocenters. The van der Waals surface area contributed by atoms with Crippen LogP contribution in [0.2, 0.25) is 0 Å². The van der Waals surface area contributed by atoms with Gasteiger partial charge in [0.1, 0.15) is 11.6 Å². The van der Waals surface area contributed by atoms with E-state index in [4.69, 9.17) is 14.5 Å². The number of dihydropyridines is 1. The number of nitrogens with zero attached hydrogens (tertiary/aromatic N) is 1. The summed E-state index contributed by atoms with van der Waals surface area (Å²) in [6.45, 7) is 8.01. The molecular formula is C28H28FNO4. The van der Waals surface area contributed by atoms with Crippen molar-refractivity contribution < 1.29 is 23.8 Å². The Morgan fingerprint density at radius 2 is 2.03 bits per heavy atom. The molecule has 1 aliphatic carbocycles. The average Bonchev–Trinajstić information content (AvgIpc) is 2.77. The SMILES string of the molecule is Cc1cc2cc(F)ccc2c(C2=CC=C3OCCC4=CC=NC2C43)c1C(OC(C)(C)C)C(=O)O. The highest BCUT2D eigenvalue weighted by atomic mass is 19.1. The quantitative estimate of drug-likeness (QED) is 0.613. The molecule has 3 aliphatic rings. The highest BCUT2D eigenvalue weighted by molar-refractivity contribution is 6.00. The second-order valence-electron chi connectivity index (χ2n) is 10.0. The summed E-state index contributed by atoms with van der Waals surface area (Å²) < 4.78 is 26.2. The summed E-state index contributed by atoms with van der Waals surface area (Å²) in [4.78, 5) is 17.3. The number of aryl methyl sites for hydroxylation is 1. The fourth-order valence-corrected chi connectivity index (χ4v) is 5.26. The van der Waals surface area contributed by atoms with Crippen LogP contribution in [0.3, 0.4) is 0 Å². The van der Waals surface area contributed by atoms with Crippen LogP contribution in [0, 0.1) is 18.7 Å². The fourth-order valence-electron chi connectivity index (χ4n) is 5.26. The number of hydrogen-bond donors (Lipinski definition) is 1. The summed E-state index contributed by atoms with van der Waals surface area (Å²) >= 11 is 0. The van der Waals surface area contributed by atoms with Crippen LogP contribution >= 0.6 is 0 Å². The largest absolute Gasteiger partial charge is 0.497 e. The third-order valence-electron chi connectivity index (χ3n) is 6.56. The molecule has 2 aromatic rings. The minimum Gasteiger partial charge on any atom is -0.497 e. The molecule has 1 saturated heterocycles. The average molecular weight is 462 g/mol. The number of carboxylic acid groups (broad SMARTS) is 1. The molecule has 0 bridgehead atoms. The Balaban J connectivity index is 1.80. The molecular weight excluding hydrogens is 433 g/mol. The number of fused-ring (bicyclic) bond motifs is 1. The maximum Gasteiger partial charge on any atom is 0.337 e. The lowest BCUT2D eigenvalue weighted by molar-refractivity contribution is -0.160. The van der Waals surface area contributed by atoms with Gasteiger partial charge in [0, 0.05) is 18.2 Å². The van der Waals surface area contributed by atoms with Crippen molar-refractivity contribution in [3.63, 3.8) is 0 Å². The molecule has 5 rings (SSSR count). The van der Waals surface area contributed by atoms with Crippen LogP contribution in [0.1, 0.15) is 50.0 Å². The van der Waals surface area contributed by atoms with Crippen LogP contribution in [-0.2, 0) is 14.3 Å². The molecule has 34 heavy (non-hydrogen) atoms. The summed E-state index contributed by atoms with van der Waals surface area (Å²) in [7, 11) is 0. The molecule has 5 nitrogen and oxygen atoms in total. The van der Waals surface area contributed by atoms with Crippen LogP contribution < -0.4 is 0 Å². The predicted octanol–water partition coefficient (Wildman–Crippen LogP) is 5.92. The highest BCUT2D eigenvalue weighted by Gasteiger charge is 2.41. The van der Waals surface area contributed by atoms with E-state index in [2.05, 4.69) is 0 Å². The summed E-state index contributed by atoms with van der Waals surface area (Å²) in [5.74, 6) is -0.544. The molecule has 176 valence electrons. The first-order valence-electron chi connectivity index (χ1n) is 11.5. The van der Waals surface area contributed by atoms with Crippen molar-refractivity contribution in [3.05, 3.63) is 76.3 Å². The number of allylic oxidation sites excluding steroid dienone is 3. The van der Waals surface area contributed by atoms with Crippen LogP contribution in [0.25, 0.3) is 16.3 Å². The van der Waals surface area contributed by atoms with Crippen molar-refractivity contribution in [1.29, 1.82) is 0 Å². The van der Waals surface area contributed by atoms with E-state index in [9.17, 15) is 14.3 Å². The number of aliphatic carboxylic acids is 1. The molecule has 6 heteroatoms. The van der Waals surface area contributed by atoms with Gasteiger partial charge in [-0.05, 0) is 79.5 Å². The molecule has 0 spiro atoms. The number of benzene rings is 2. The lowest BCUT2D eigenvalue weighted by atomic mass is 9.74. The van der Waals surface area contributed by atoms with E-state index < -0.39 is 17.7 Å². The number of ether oxygens (including phenoxy) is 2. The Morgan fingerprint density at radius 3 is 2.76 bits per heavy atom. The van der Waals surface area contributed by atoms with Crippen molar-refractivity contribution in [2.24, 2.45) is 10.9 Å². The van der Waals surface area contributed by atoms with E-state index in [1.54, 1.807) is 6.07 Å². The maximum atomic E-state index is 14.2. The first kappa shape index (κ1) is 22.5. The molecule has 0 radical (unpaired) electrons. The van der Waals surface area contributed by atoms with Gasteiger partial charge in [0.25, 0.3) is 0 Å². The maximum absolute atomic E-state index is 14.2. The van der Waals surface area contributed by atoms with Gasteiger partial charge >= 0.3 is 5.97 Å². The summed E-state index contributed by atoms with van der Waals surface area (Å²) in [5.41, 5.74) is 3.52. The van der Waals surface area contributed by atoms with Crippen LogP contribution in [0.4, 0.5) is 4.39 Å². The van der Waals surface area contributed by atoms with Gasteiger partial charge in [-0.3, -0.25) is 4.99 Å². The number of rotatable bonds is 4. The molecule has 2 aliphatic heterocycles. The number of carbonyl (C=O) groups is 1. The van der Waals surface area contributed by atoms with Crippen LogP contribution in [0.15, 0.2) is 58.8 Å². The van der Waals surface area contributed by atoms with Gasteiger partial charge in [0.05, 0.1) is 24.2 Å². The van der Waals surface area contributed by atoms with Crippen molar-refractivity contribution in [2.75, 3.05) is 6.61 Å². The van der Waals surface area contributed by atoms with E-state index in [-0.39, 0.29) is 17.8 Å². The second kappa shape index (κ2) is 8.20. The van der Waals surface area contributed by atoms with E-state index in [0.29, 0.717) is 17.6 Å². The third-order valence-corrected chi connectivity index (χ3v) is 6.56. The Hall–Kier alpha value is -3.25. The Bertz CT molecular complexity index is 1310. The molecule has 2 heterocycles. The summed E-state index contributed by atoms with van der Waals surface area (Å²) in [6, 6.07) is 6.20. The first-order chi connectivity index (χ1) is 16.1. The smallest absolute Gasteiger partial charge is 0.337 e. The van der Waals surface area contributed by atoms with Gasteiger partial charge < -0.3 is 14.6 Å². The zero-order chi connectivity index (χ0) is 24.2. The fraction of sp³-hybridized carbons (Fsp3) is 0.357. The van der Waals surface area contributed by atoms with Crippen LogP contribution in [0.5, 0.6) is 0 Å². The molecule has 0 aromatic heterocycles. The zero-order valence-electron chi connectivity index (χ0n) is 19.8. The highest BCUT2D eigenvalue weighted by Crippen LogP contribution is 2.47. The van der Waals surface area contributed by atoms with Gasteiger partial charge in [-0.1, -0.05) is 23.8 Å². The minimum absolute atomic E-state index is 0.0191. The molecule has 0 amide bonds. The zero-order valence-corrected chi connectivity index (χ0v) is 19.8. The van der Waals surface area contributed by atoms with Gasteiger partial charge in [0.15, 0.2) is 6.10 Å². The number of halogens is 1. The lowest BCUT2D eigenvalue weighted by Crippen LogP contribution is -2.34. The van der Waals surface area contributed by atoms with Gasteiger partial charge in [-0.25, -0.2) is 9.18 Å². The standard InChI is InChI=1S/C28H28FNO4/c1-15-13-17-14-18(29)5-6-19(17)24(22(15)26(27(31)32)34-28(2,3)4)20-7-8-21-23-16(10-12-33-21)9-11-30-25(20)23/h5-9,11,13-14,23,25-26H,10,12H2,1-4H3,(H,31,32). The monoisotopic (exact) mass is 461 g/mol. The third kappa shape index (κ3) is 3.86. The predicted molar refractivity (Wildman–Crippen MR) is 130 cm³/mol. The van der Waals surface area contributed by atoms with E-state index in [0.717, 1.165) is 34.3 Å². The normalized spacial score (nSPS) is 22.3. The Kier molecular flexibility index (Phi) is 5.44. The molecule has 1 fully saturated rings. The molecule has 0 saturated carbocycles. The van der Waals surface area contributed by atoms with Gasteiger partial charge in [0.2, 0.25) is 0 Å². The first-order valence-corrected chi connectivity index (χ1v) is 11.5. The topological polar surface area (TPSA) is 68.1 Å². The number of carboxylic acids is 1. The minimum atomic E-state index is -1.19. The Labute approximate surface area is 198 Å². The van der Waals surface area contributed by atoms with Gasteiger partial charge in [-0.2, -0.15) is 0 Å².